The number of nitrogen functional groups attached to an aromatic ring is 1. The zero-order valence-electron chi connectivity index (χ0n) is 15.4. The highest BCUT2D eigenvalue weighted by atomic mass is 79.9. The van der Waals surface area contributed by atoms with Crippen molar-refractivity contribution in [3.05, 3.63) is 75.5 Å². The Hall–Kier alpha value is -2.95. The van der Waals surface area contributed by atoms with Gasteiger partial charge >= 0.3 is 5.97 Å². The number of aliphatic hydroxyl groups is 1. The molecule has 0 aliphatic rings. The van der Waals surface area contributed by atoms with E-state index in [9.17, 15) is 18.7 Å². The van der Waals surface area contributed by atoms with Gasteiger partial charge in [0.2, 0.25) is 0 Å². The molecule has 0 saturated heterocycles. The van der Waals surface area contributed by atoms with E-state index < -0.39 is 23.6 Å². The lowest BCUT2D eigenvalue weighted by Crippen LogP contribution is -2.24. The predicted molar refractivity (Wildman–Crippen MR) is 110 cm³/mol. The standard InChI is InChI=1S/C20H17BrF2N4O3/c21-13-3-12(4-14(22)6-13)17(9-28)25-7-11-2-1-10(5-15(11)23)18-19(24)26-8-16(27-18)20(29)30/h1-6,8,17,25,28H,7,9H2,(H2,24,26)(H,29,30)/t17-/m1/s1. The molecule has 0 fully saturated rings. The first-order valence-corrected chi connectivity index (χ1v) is 9.52. The quantitative estimate of drug-likeness (QED) is 0.411. The second-order valence-corrected chi connectivity index (χ2v) is 7.33. The Morgan fingerprint density at radius 1 is 1.23 bits per heavy atom. The number of hydrogen-bond acceptors (Lipinski definition) is 6. The molecule has 0 saturated carbocycles. The van der Waals surface area contributed by atoms with E-state index in [1.165, 1.54) is 24.3 Å². The summed E-state index contributed by atoms with van der Waals surface area (Å²) < 4.78 is 28.8. The van der Waals surface area contributed by atoms with Gasteiger partial charge in [0, 0.05) is 22.1 Å². The van der Waals surface area contributed by atoms with E-state index in [1.807, 2.05) is 0 Å². The summed E-state index contributed by atoms with van der Waals surface area (Å²) in [5.41, 5.74) is 6.57. The molecule has 3 aromatic rings. The van der Waals surface area contributed by atoms with E-state index in [0.717, 1.165) is 6.20 Å². The van der Waals surface area contributed by atoms with Crippen LogP contribution in [0.2, 0.25) is 0 Å². The topological polar surface area (TPSA) is 121 Å². The second-order valence-electron chi connectivity index (χ2n) is 6.42. The molecule has 0 aliphatic heterocycles. The highest BCUT2D eigenvalue weighted by Crippen LogP contribution is 2.25. The van der Waals surface area contributed by atoms with Crippen LogP contribution in [0, 0.1) is 11.6 Å². The third kappa shape index (κ3) is 4.96. The van der Waals surface area contributed by atoms with Crippen molar-refractivity contribution in [3.63, 3.8) is 0 Å². The van der Waals surface area contributed by atoms with Crippen molar-refractivity contribution in [2.45, 2.75) is 12.6 Å². The average Bonchev–Trinajstić information content (AvgIpc) is 2.69. The summed E-state index contributed by atoms with van der Waals surface area (Å²) in [6.45, 7) is -0.258. The molecule has 5 N–H and O–H groups in total. The van der Waals surface area contributed by atoms with Crippen molar-refractivity contribution >= 4 is 27.7 Å². The molecule has 1 atom stereocenters. The number of benzene rings is 2. The van der Waals surface area contributed by atoms with Gasteiger partial charge in [0.15, 0.2) is 5.69 Å². The summed E-state index contributed by atoms with van der Waals surface area (Å²) in [6, 6.07) is 7.84. The maximum absolute atomic E-state index is 14.6. The fourth-order valence-corrected chi connectivity index (χ4v) is 3.33. The molecule has 0 unspecified atom stereocenters. The van der Waals surface area contributed by atoms with E-state index in [-0.39, 0.29) is 41.5 Å². The van der Waals surface area contributed by atoms with Crippen molar-refractivity contribution < 1.29 is 23.8 Å². The number of carboxylic acid groups (broad SMARTS) is 1. The van der Waals surface area contributed by atoms with Gasteiger partial charge in [-0.05, 0) is 29.8 Å². The summed E-state index contributed by atoms with van der Waals surface area (Å²) >= 11 is 3.20. The number of hydrogen-bond donors (Lipinski definition) is 4. The van der Waals surface area contributed by atoms with Crippen molar-refractivity contribution in [2.75, 3.05) is 12.3 Å². The van der Waals surface area contributed by atoms with Crippen LogP contribution < -0.4 is 11.1 Å². The van der Waals surface area contributed by atoms with Gasteiger partial charge in [0.1, 0.15) is 23.1 Å². The number of aliphatic hydroxyl groups excluding tert-OH is 1. The fourth-order valence-electron chi connectivity index (χ4n) is 2.85. The number of aromatic carboxylic acids is 1. The van der Waals surface area contributed by atoms with Gasteiger partial charge in [-0.15, -0.1) is 0 Å². The molecule has 0 radical (unpaired) electrons. The SMILES string of the molecule is Nc1ncc(C(=O)O)nc1-c1ccc(CN[C@H](CO)c2cc(F)cc(Br)c2)c(F)c1. The average molecular weight is 479 g/mol. The van der Waals surface area contributed by atoms with Crippen LogP contribution >= 0.6 is 15.9 Å². The summed E-state index contributed by atoms with van der Waals surface area (Å²) in [5.74, 6) is -2.34. The van der Waals surface area contributed by atoms with Crippen LogP contribution in [-0.4, -0.2) is 32.8 Å². The fraction of sp³-hybridized carbons (Fsp3) is 0.150. The lowest BCUT2D eigenvalue weighted by Gasteiger charge is -2.18. The zero-order valence-corrected chi connectivity index (χ0v) is 17.0. The van der Waals surface area contributed by atoms with Gasteiger partial charge < -0.3 is 21.3 Å². The summed E-state index contributed by atoms with van der Waals surface area (Å²) in [4.78, 5) is 18.8. The van der Waals surface area contributed by atoms with Crippen molar-refractivity contribution in [1.29, 1.82) is 0 Å². The molecular weight excluding hydrogens is 462 g/mol. The summed E-state index contributed by atoms with van der Waals surface area (Å²) in [6.07, 6.45) is 1.02. The van der Waals surface area contributed by atoms with Gasteiger partial charge in [-0.25, -0.2) is 23.5 Å². The van der Waals surface area contributed by atoms with Crippen LogP contribution in [-0.2, 0) is 6.54 Å². The Morgan fingerprint density at radius 3 is 2.63 bits per heavy atom. The molecular formula is C20H17BrF2N4O3. The Labute approximate surface area is 178 Å². The van der Waals surface area contributed by atoms with Gasteiger partial charge in [0.25, 0.3) is 0 Å². The number of rotatable bonds is 7. The van der Waals surface area contributed by atoms with E-state index in [1.54, 1.807) is 12.1 Å². The predicted octanol–water partition coefficient (Wildman–Crippen LogP) is 3.29. The van der Waals surface area contributed by atoms with Crippen LogP contribution in [0.25, 0.3) is 11.3 Å². The Balaban J connectivity index is 1.80. The van der Waals surface area contributed by atoms with E-state index in [4.69, 9.17) is 10.8 Å². The number of carboxylic acids is 1. The number of carbonyl (C=O) groups is 1. The first-order valence-electron chi connectivity index (χ1n) is 8.73. The number of aromatic nitrogens is 2. The number of halogens is 3. The van der Waals surface area contributed by atoms with Crippen molar-refractivity contribution in [3.8, 4) is 11.3 Å². The first kappa shape index (κ1) is 21.8. The van der Waals surface area contributed by atoms with Crippen LogP contribution in [0.15, 0.2) is 47.1 Å². The van der Waals surface area contributed by atoms with Crippen LogP contribution in [0.5, 0.6) is 0 Å². The Bertz CT molecular complexity index is 1080. The molecule has 0 aliphatic carbocycles. The molecule has 7 nitrogen and oxygen atoms in total. The van der Waals surface area contributed by atoms with Crippen LogP contribution in [0.4, 0.5) is 14.6 Å². The molecule has 1 heterocycles. The smallest absolute Gasteiger partial charge is 0.356 e. The minimum Gasteiger partial charge on any atom is -0.476 e. The van der Waals surface area contributed by atoms with Crippen molar-refractivity contribution in [1.82, 2.24) is 15.3 Å². The highest BCUT2D eigenvalue weighted by Gasteiger charge is 2.16. The molecule has 2 aromatic carbocycles. The number of nitrogens with one attached hydrogen (secondary N) is 1. The highest BCUT2D eigenvalue weighted by molar-refractivity contribution is 9.10. The number of nitrogens with zero attached hydrogens (tertiary/aromatic N) is 2. The van der Waals surface area contributed by atoms with Gasteiger partial charge in [-0.1, -0.05) is 28.1 Å². The Morgan fingerprint density at radius 2 is 2.00 bits per heavy atom. The van der Waals surface area contributed by atoms with E-state index in [0.29, 0.717) is 10.0 Å². The van der Waals surface area contributed by atoms with Gasteiger partial charge in [-0.3, -0.25) is 0 Å². The Kier molecular flexibility index (Phi) is 6.70. The molecule has 10 heteroatoms. The molecule has 1 aromatic heterocycles. The number of nitrogens with two attached hydrogens (primary N) is 1. The molecule has 156 valence electrons. The first-order chi connectivity index (χ1) is 14.3. The third-order valence-corrected chi connectivity index (χ3v) is 4.81. The minimum atomic E-state index is -1.27. The summed E-state index contributed by atoms with van der Waals surface area (Å²) in [7, 11) is 0. The minimum absolute atomic E-state index is 0.0256. The normalized spacial score (nSPS) is 12.0. The second kappa shape index (κ2) is 9.24. The van der Waals surface area contributed by atoms with Crippen LogP contribution in [0.1, 0.15) is 27.7 Å². The van der Waals surface area contributed by atoms with Crippen molar-refractivity contribution in [2.24, 2.45) is 0 Å². The monoisotopic (exact) mass is 478 g/mol. The summed E-state index contributed by atoms with van der Waals surface area (Å²) in [5, 5.41) is 21.7. The van der Waals surface area contributed by atoms with Gasteiger partial charge in [-0.2, -0.15) is 0 Å². The maximum Gasteiger partial charge on any atom is 0.356 e. The lowest BCUT2D eigenvalue weighted by molar-refractivity contribution is 0.0690. The molecule has 3 rings (SSSR count). The lowest BCUT2D eigenvalue weighted by atomic mass is 10.1. The molecule has 0 spiro atoms. The van der Waals surface area contributed by atoms with E-state index in [2.05, 4.69) is 31.2 Å². The third-order valence-electron chi connectivity index (χ3n) is 4.36. The van der Waals surface area contributed by atoms with Crippen LogP contribution in [0.3, 0.4) is 0 Å². The number of anilines is 1. The molecule has 0 bridgehead atoms. The van der Waals surface area contributed by atoms with Gasteiger partial charge in [0.05, 0.1) is 18.8 Å². The zero-order chi connectivity index (χ0) is 21.8. The molecule has 0 amide bonds. The maximum atomic E-state index is 14.6. The molecule has 30 heavy (non-hydrogen) atoms. The largest absolute Gasteiger partial charge is 0.476 e. The van der Waals surface area contributed by atoms with E-state index >= 15 is 0 Å².